The molecule has 0 aromatic rings. The monoisotopic (exact) mass is 220 g/mol. The Bertz CT molecular complexity index is 152. The highest BCUT2D eigenvalue weighted by Gasteiger charge is 2.41. The van der Waals surface area contributed by atoms with E-state index < -0.39 is 21.8 Å². The maximum atomic E-state index is 10.4. The molecule has 0 rings (SSSR count). The summed E-state index contributed by atoms with van der Waals surface area (Å²) in [6.07, 6.45) is -1.19. The Morgan fingerprint density at radius 3 is 1.82 bits per heavy atom. The second-order valence-electron chi connectivity index (χ2n) is 2.10. The molecule has 0 aromatic heterocycles. The van der Waals surface area contributed by atoms with Gasteiger partial charge in [-0.3, -0.25) is 4.79 Å². The minimum Gasteiger partial charge on any atom is -0.481 e. The van der Waals surface area contributed by atoms with Crippen LogP contribution in [0.1, 0.15) is 6.92 Å². The highest BCUT2D eigenvalue weighted by atomic mass is 35.6. The lowest BCUT2D eigenvalue weighted by atomic mass is 10.1. The van der Waals surface area contributed by atoms with Crippen LogP contribution in [0.4, 0.5) is 0 Å². The molecule has 0 bridgehead atoms. The summed E-state index contributed by atoms with van der Waals surface area (Å²) >= 11 is 15.8. The summed E-state index contributed by atoms with van der Waals surface area (Å²) < 4.78 is -1.97. The standard InChI is InChI=1S/C5H7Cl3O3/c1-2(9)3(4(10)11)5(6,7)8/h2-3,9H,1H3,(H,10,11). The summed E-state index contributed by atoms with van der Waals surface area (Å²) in [6, 6.07) is 0. The van der Waals surface area contributed by atoms with Crippen LogP contribution in [0, 0.1) is 5.92 Å². The van der Waals surface area contributed by atoms with Crippen molar-refractivity contribution in [2.45, 2.75) is 16.8 Å². The number of aliphatic hydroxyl groups excluding tert-OH is 1. The van der Waals surface area contributed by atoms with Gasteiger partial charge in [0.2, 0.25) is 3.79 Å². The first-order valence-corrected chi connectivity index (χ1v) is 3.87. The fraction of sp³-hybridized carbons (Fsp3) is 0.800. The van der Waals surface area contributed by atoms with Crippen LogP contribution in [0.5, 0.6) is 0 Å². The van der Waals surface area contributed by atoms with Gasteiger partial charge in [-0.2, -0.15) is 0 Å². The molecule has 0 spiro atoms. The largest absolute Gasteiger partial charge is 0.481 e. The Labute approximate surface area is 78.9 Å². The van der Waals surface area contributed by atoms with Gasteiger partial charge in [-0.05, 0) is 6.92 Å². The zero-order valence-corrected chi connectivity index (χ0v) is 7.86. The van der Waals surface area contributed by atoms with Crippen molar-refractivity contribution in [3.8, 4) is 0 Å². The minimum atomic E-state index is -1.97. The van der Waals surface area contributed by atoms with Gasteiger partial charge in [0.1, 0.15) is 5.92 Å². The molecule has 0 aliphatic heterocycles. The molecule has 6 heteroatoms. The van der Waals surface area contributed by atoms with E-state index in [1.54, 1.807) is 0 Å². The van der Waals surface area contributed by atoms with Gasteiger partial charge in [-0.1, -0.05) is 34.8 Å². The molecule has 2 atom stereocenters. The number of halogens is 3. The molecule has 0 radical (unpaired) electrons. The first-order valence-electron chi connectivity index (χ1n) is 2.74. The van der Waals surface area contributed by atoms with E-state index in [0.29, 0.717) is 0 Å². The molecule has 66 valence electrons. The summed E-state index contributed by atoms with van der Waals surface area (Å²) in [5, 5.41) is 17.3. The van der Waals surface area contributed by atoms with Crippen molar-refractivity contribution in [3.63, 3.8) is 0 Å². The molecule has 2 unspecified atom stereocenters. The van der Waals surface area contributed by atoms with Crippen molar-refractivity contribution >= 4 is 40.8 Å². The highest BCUT2D eigenvalue weighted by Crippen LogP contribution is 2.37. The summed E-state index contributed by atoms with van der Waals surface area (Å²) in [5.74, 6) is -2.73. The van der Waals surface area contributed by atoms with Crippen molar-refractivity contribution < 1.29 is 15.0 Å². The van der Waals surface area contributed by atoms with Crippen molar-refractivity contribution in [2.75, 3.05) is 0 Å². The van der Waals surface area contributed by atoms with Gasteiger partial charge in [0.05, 0.1) is 6.10 Å². The molecule has 0 aromatic carbocycles. The molecule has 0 amide bonds. The van der Waals surface area contributed by atoms with Gasteiger partial charge >= 0.3 is 5.97 Å². The van der Waals surface area contributed by atoms with Crippen molar-refractivity contribution in [1.82, 2.24) is 0 Å². The third kappa shape index (κ3) is 3.47. The van der Waals surface area contributed by atoms with Gasteiger partial charge in [0.15, 0.2) is 0 Å². The Balaban J connectivity index is 4.49. The van der Waals surface area contributed by atoms with Crippen LogP contribution in [-0.2, 0) is 4.79 Å². The first kappa shape index (κ1) is 11.3. The van der Waals surface area contributed by atoms with E-state index in [4.69, 9.17) is 45.0 Å². The maximum Gasteiger partial charge on any atom is 0.313 e. The van der Waals surface area contributed by atoms with E-state index in [9.17, 15) is 4.79 Å². The van der Waals surface area contributed by atoms with Crippen molar-refractivity contribution in [3.05, 3.63) is 0 Å². The number of carbonyl (C=O) groups is 1. The first-order chi connectivity index (χ1) is 4.76. The molecular formula is C5H7Cl3O3. The van der Waals surface area contributed by atoms with E-state index in [-0.39, 0.29) is 0 Å². The molecular weight excluding hydrogens is 214 g/mol. The average molecular weight is 221 g/mol. The van der Waals surface area contributed by atoms with Crippen LogP contribution in [0.3, 0.4) is 0 Å². The number of carboxylic acids is 1. The van der Waals surface area contributed by atoms with E-state index in [1.165, 1.54) is 6.92 Å². The zero-order valence-electron chi connectivity index (χ0n) is 5.59. The third-order valence-corrected chi connectivity index (χ3v) is 1.81. The molecule has 0 heterocycles. The zero-order chi connectivity index (χ0) is 9.23. The van der Waals surface area contributed by atoms with Crippen LogP contribution in [0.15, 0.2) is 0 Å². The van der Waals surface area contributed by atoms with Crippen molar-refractivity contribution in [1.29, 1.82) is 0 Å². The van der Waals surface area contributed by atoms with Crippen LogP contribution < -0.4 is 0 Å². The van der Waals surface area contributed by atoms with Gasteiger partial charge in [-0.15, -0.1) is 0 Å². The SMILES string of the molecule is CC(O)C(C(=O)O)C(Cl)(Cl)Cl. The van der Waals surface area contributed by atoms with Crippen LogP contribution in [0.2, 0.25) is 0 Å². The van der Waals surface area contributed by atoms with Crippen LogP contribution in [0.25, 0.3) is 0 Å². The molecule has 3 nitrogen and oxygen atoms in total. The summed E-state index contributed by atoms with van der Waals surface area (Å²) in [7, 11) is 0. The van der Waals surface area contributed by atoms with Gasteiger partial charge in [0, 0.05) is 0 Å². The maximum absolute atomic E-state index is 10.4. The minimum absolute atomic E-state index is 1.19. The summed E-state index contributed by atoms with van der Waals surface area (Å²) in [5.41, 5.74) is 0. The molecule has 0 saturated heterocycles. The number of alkyl halides is 3. The lowest BCUT2D eigenvalue weighted by Crippen LogP contribution is -2.36. The number of hydrogen-bond donors (Lipinski definition) is 2. The highest BCUT2D eigenvalue weighted by molar-refractivity contribution is 6.68. The molecule has 0 aliphatic carbocycles. The molecule has 0 aliphatic rings. The van der Waals surface area contributed by atoms with Crippen LogP contribution in [-0.4, -0.2) is 26.1 Å². The number of hydrogen-bond acceptors (Lipinski definition) is 2. The van der Waals surface area contributed by atoms with Gasteiger partial charge in [-0.25, -0.2) is 0 Å². The van der Waals surface area contributed by atoms with Crippen molar-refractivity contribution in [2.24, 2.45) is 5.92 Å². The summed E-state index contributed by atoms with van der Waals surface area (Å²) in [4.78, 5) is 10.4. The van der Waals surface area contributed by atoms with E-state index >= 15 is 0 Å². The van der Waals surface area contributed by atoms with Gasteiger partial charge < -0.3 is 10.2 Å². The number of aliphatic carboxylic acids is 1. The number of rotatable bonds is 2. The number of aliphatic hydroxyl groups is 1. The average Bonchev–Trinajstić information content (AvgIpc) is 1.54. The van der Waals surface area contributed by atoms with E-state index in [2.05, 4.69) is 0 Å². The van der Waals surface area contributed by atoms with E-state index in [0.717, 1.165) is 0 Å². The predicted molar refractivity (Wildman–Crippen MR) is 43.1 cm³/mol. The quantitative estimate of drug-likeness (QED) is 0.694. The Morgan fingerprint density at radius 1 is 1.45 bits per heavy atom. The second-order valence-corrected chi connectivity index (χ2v) is 4.47. The lowest BCUT2D eigenvalue weighted by molar-refractivity contribution is -0.145. The Kier molecular flexibility index (Phi) is 3.91. The van der Waals surface area contributed by atoms with E-state index in [1.807, 2.05) is 0 Å². The normalized spacial score (nSPS) is 17.5. The Hall–Kier alpha value is 0.300. The molecule has 11 heavy (non-hydrogen) atoms. The number of carboxylic acid groups (broad SMARTS) is 1. The second kappa shape index (κ2) is 3.81. The third-order valence-electron chi connectivity index (χ3n) is 1.10. The topological polar surface area (TPSA) is 57.5 Å². The lowest BCUT2D eigenvalue weighted by Gasteiger charge is -2.22. The Morgan fingerprint density at radius 2 is 1.82 bits per heavy atom. The van der Waals surface area contributed by atoms with Gasteiger partial charge in [0.25, 0.3) is 0 Å². The van der Waals surface area contributed by atoms with Crippen LogP contribution >= 0.6 is 34.8 Å². The summed E-state index contributed by atoms with van der Waals surface area (Å²) in [6.45, 7) is 1.25. The molecule has 0 saturated carbocycles. The fourth-order valence-corrected chi connectivity index (χ4v) is 1.45. The fourth-order valence-electron chi connectivity index (χ4n) is 0.620. The molecule has 2 N–H and O–H groups in total. The molecule has 0 fully saturated rings. The smallest absolute Gasteiger partial charge is 0.313 e. The predicted octanol–water partition coefficient (Wildman–Crippen LogP) is 1.44.